The van der Waals surface area contributed by atoms with Crippen molar-refractivity contribution in [2.24, 2.45) is 0 Å². The van der Waals surface area contributed by atoms with Crippen molar-refractivity contribution < 1.29 is 13.2 Å². The molecule has 0 radical (unpaired) electrons. The first kappa shape index (κ1) is 16.5. The minimum Gasteiger partial charge on any atom is -0.345 e. The molecule has 27 heavy (non-hydrogen) atoms. The smallest absolute Gasteiger partial charge is 0.271 e. The third-order valence-corrected chi connectivity index (χ3v) is 6.95. The number of hydrogen-bond donors (Lipinski definition) is 1. The summed E-state index contributed by atoms with van der Waals surface area (Å²) in [4.78, 5) is 21.4. The van der Waals surface area contributed by atoms with E-state index < -0.39 is 15.9 Å². The summed E-state index contributed by atoms with van der Waals surface area (Å²) in [6, 6.07) is 4.68. The van der Waals surface area contributed by atoms with E-state index in [2.05, 4.69) is 15.3 Å². The molecule has 0 unspecified atom stereocenters. The van der Waals surface area contributed by atoms with Gasteiger partial charge < -0.3 is 14.3 Å². The van der Waals surface area contributed by atoms with Gasteiger partial charge >= 0.3 is 0 Å². The largest absolute Gasteiger partial charge is 0.345 e. The zero-order valence-electron chi connectivity index (χ0n) is 14.5. The van der Waals surface area contributed by atoms with Gasteiger partial charge in [0, 0.05) is 30.7 Å². The van der Waals surface area contributed by atoms with E-state index in [1.165, 1.54) is 0 Å². The lowest BCUT2D eigenvalue weighted by atomic mass is 10.1. The zero-order chi connectivity index (χ0) is 18.6. The fourth-order valence-electron chi connectivity index (χ4n) is 3.79. The molecule has 4 heterocycles. The van der Waals surface area contributed by atoms with Gasteiger partial charge in [-0.05, 0) is 25.0 Å². The van der Waals surface area contributed by atoms with Crippen LogP contribution in [-0.2, 0) is 9.84 Å². The first-order valence-corrected chi connectivity index (χ1v) is 10.8. The van der Waals surface area contributed by atoms with Crippen molar-refractivity contribution in [1.82, 2.24) is 24.3 Å². The number of imidazole rings is 2. The maximum absolute atomic E-state index is 12.7. The first-order chi connectivity index (χ1) is 13.0. The van der Waals surface area contributed by atoms with Crippen molar-refractivity contribution in [3.63, 3.8) is 0 Å². The van der Waals surface area contributed by atoms with Crippen LogP contribution in [0.15, 0.2) is 43.0 Å². The van der Waals surface area contributed by atoms with Gasteiger partial charge in [0.1, 0.15) is 17.2 Å². The molecule has 1 saturated carbocycles. The molecular formula is C18H19N5O3S. The number of carbonyl (C=O) groups excluding carboxylic acids is 1. The second-order valence-corrected chi connectivity index (χ2v) is 9.44. The number of hydrogen-bond acceptors (Lipinski definition) is 5. The molecular weight excluding hydrogens is 366 g/mol. The molecule has 140 valence electrons. The van der Waals surface area contributed by atoms with Gasteiger partial charge in [0.25, 0.3) is 5.91 Å². The van der Waals surface area contributed by atoms with E-state index in [1.54, 1.807) is 16.8 Å². The normalized spacial score (nSPS) is 24.3. The Bertz CT molecular complexity index is 1100. The number of fused-ring (bicyclic) bond motifs is 1. The second-order valence-electron chi connectivity index (χ2n) is 7.28. The lowest BCUT2D eigenvalue weighted by Crippen LogP contribution is -2.41. The van der Waals surface area contributed by atoms with Crippen LogP contribution < -0.4 is 5.32 Å². The van der Waals surface area contributed by atoms with Crippen LogP contribution >= 0.6 is 0 Å². The predicted octanol–water partition coefficient (Wildman–Crippen LogP) is 1.18. The zero-order valence-corrected chi connectivity index (χ0v) is 15.3. The highest BCUT2D eigenvalue weighted by molar-refractivity contribution is 7.91. The molecule has 3 aromatic heterocycles. The van der Waals surface area contributed by atoms with Crippen LogP contribution in [0.25, 0.3) is 5.65 Å². The van der Waals surface area contributed by atoms with E-state index >= 15 is 0 Å². The van der Waals surface area contributed by atoms with E-state index in [0.29, 0.717) is 11.6 Å². The average Bonchev–Trinajstić information content (AvgIpc) is 3.08. The molecule has 0 spiro atoms. The van der Waals surface area contributed by atoms with Crippen LogP contribution in [0.5, 0.6) is 0 Å². The number of nitrogens with zero attached hydrogens (tertiary/aromatic N) is 4. The number of aromatic nitrogens is 4. The summed E-state index contributed by atoms with van der Waals surface area (Å²) in [5.74, 6) is 0.902. The van der Waals surface area contributed by atoms with Crippen LogP contribution in [0.1, 0.15) is 41.1 Å². The van der Waals surface area contributed by atoms with E-state index in [0.717, 1.165) is 18.7 Å². The summed E-state index contributed by atoms with van der Waals surface area (Å²) in [7, 11) is -3.23. The van der Waals surface area contributed by atoms with Gasteiger partial charge in [-0.15, -0.1) is 0 Å². The van der Waals surface area contributed by atoms with Gasteiger partial charge in [-0.2, -0.15) is 0 Å². The number of carbonyl (C=O) groups is 1. The van der Waals surface area contributed by atoms with Gasteiger partial charge in [0.15, 0.2) is 9.84 Å². The molecule has 1 N–H and O–H groups in total. The summed E-state index contributed by atoms with van der Waals surface area (Å²) in [6.45, 7) is 0. The van der Waals surface area contributed by atoms with Crippen LogP contribution in [0.3, 0.4) is 0 Å². The van der Waals surface area contributed by atoms with Gasteiger partial charge in [0.05, 0.1) is 23.6 Å². The lowest BCUT2D eigenvalue weighted by Gasteiger charge is -2.22. The Labute approximate surface area is 156 Å². The van der Waals surface area contributed by atoms with Crippen molar-refractivity contribution in [3.8, 4) is 0 Å². The molecule has 5 rings (SSSR count). The minimum absolute atomic E-state index is 0.0131. The number of sulfone groups is 1. The molecule has 0 bridgehead atoms. The fraction of sp³-hybridized carbons (Fsp3) is 0.389. The van der Waals surface area contributed by atoms with Gasteiger partial charge in [-0.25, -0.2) is 18.4 Å². The number of nitrogens with one attached hydrogen (secondary N) is 1. The van der Waals surface area contributed by atoms with Crippen molar-refractivity contribution in [1.29, 1.82) is 0 Å². The Kier molecular flexibility index (Phi) is 3.61. The van der Waals surface area contributed by atoms with Gasteiger partial charge in [-0.3, -0.25) is 4.79 Å². The topological polar surface area (TPSA) is 98.4 Å². The van der Waals surface area contributed by atoms with Crippen molar-refractivity contribution in [2.45, 2.75) is 30.8 Å². The van der Waals surface area contributed by atoms with Crippen LogP contribution in [0.4, 0.5) is 0 Å². The Balaban J connectivity index is 1.43. The quantitative estimate of drug-likeness (QED) is 0.727. The summed E-state index contributed by atoms with van der Waals surface area (Å²) in [5, 5.41) is 2.89. The third kappa shape index (κ3) is 3.01. The molecule has 1 saturated heterocycles. The molecule has 0 aromatic carbocycles. The first-order valence-electron chi connectivity index (χ1n) is 8.98. The highest BCUT2D eigenvalue weighted by Gasteiger charge is 2.42. The fourth-order valence-corrected chi connectivity index (χ4v) is 5.69. The molecule has 2 fully saturated rings. The van der Waals surface area contributed by atoms with E-state index in [-0.39, 0.29) is 29.1 Å². The van der Waals surface area contributed by atoms with Crippen LogP contribution in [-0.4, -0.2) is 50.8 Å². The summed E-state index contributed by atoms with van der Waals surface area (Å²) in [5.41, 5.74) is 0.946. The molecule has 2 aliphatic rings. The maximum Gasteiger partial charge on any atom is 0.271 e. The summed E-state index contributed by atoms with van der Waals surface area (Å²) >= 11 is 0. The van der Waals surface area contributed by atoms with Crippen molar-refractivity contribution in [3.05, 3.63) is 54.5 Å². The minimum atomic E-state index is -3.23. The molecule has 1 amide bonds. The molecule has 1 aliphatic heterocycles. The van der Waals surface area contributed by atoms with E-state index in [4.69, 9.17) is 0 Å². The van der Waals surface area contributed by atoms with Crippen LogP contribution in [0.2, 0.25) is 0 Å². The SMILES string of the molecule is O=C(N[C@@H]1CS(=O)(=O)C[C@H]1n1ccnc1C1CC1)c1cn2ccccc2n1. The molecule has 2 atom stereocenters. The Morgan fingerprint density at radius 1 is 1.19 bits per heavy atom. The maximum atomic E-state index is 12.7. The molecule has 8 nitrogen and oxygen atoms in total. The summed E-state index contributed by atoms with van der Waals surface area (Å²) < 4.78 is 28.3. The number of pyridine rings is 1. The Morgan fingerprint density at radius 3 is 2.81 bits per heavy atom. The van der Waals surface area contributed by atoms with Gasteiger partial charge in [0.2, 0.25) is 0 Å². The highest BCUT2D eigenvalue weighted by Crippen LogP contribution is 2.41. The Morgan fingerprint density at radius 2 is 2.04 bits per heavy atom. The van der Waals surface area contributed by atoms with E-state index in [9.17, 15) is 13.2 Å². The standard InChI is InChI=1S/C18H19N5O3S/c24-18(13-9-22-7-2-1-3-16(22)20-13)21-14-10-27(25,26)11-15(14)23-8-6-19-17(23)12-4-5-12/h1-3,6-9,12,14-15H,4-5,10-11H2,(H,21,24)/t14-,15-/m1/s1. The highest BCUT2D eigenvalue weighted by atomic mass is 32.2. The monoisotopic (exact) mass is 385 g/mol. The third-order valence-electron chi connectivity index (χ3n) is 5.23. The molecule has 9 heteroatoms. The second kappa shape index (κ2) is 5.91. The average molecular weight is 385 g/mol. The van der Waals surface area contributed by atoms with Crippen LogP contribution in [0, 0.1) is 0 Å². The molecule has 1 aliphatic carbocycles. The van der Waals surface area contributed by atoms with Crippen molar-refractivity contribution in [2.75, 3.05) is 11.5 Å². The van der Waals surface area contributed by atoms with Gasteiger partial charge in [-0.1, -0.05) is 6.07 Å². The number of rotatable bonds is 4. The lowest BCUT2D eigenvalue weighted by molar-refractivity contribution is 0.0928. The van der Waals surface area contributed by atoms with E-state index in [1.807, 2.05) is 35.2 Å². The van der Waals surface area contributed by atoms with Crippen molar-refractivity contribution >= 4 is 21.4 Å². The molecule has 3 aromatic rings. The number of amides is 1. The Hall–Kier alpha value is -2.68. The summed E-state index contributed by atoms with van der Waals surface area (Å²) in [6.07, 6.45) is 9.15. The predicted molar refractivity (Wildman–Crippen MR) is 98.3 cm³/mol.